The van der Waals surface area contributed by atoms with Crippen molar-refractivity contribution in [3.8, 4) is 11.8 Å². The molecule has 1 heterocycles. The lowest BCUT2D eigenvalue weighted by atomic mass is 10.2. The van der Waals surface area contributed by atoms with E-state index < -0.39 is 6.01 Å². The van der Waals surface area contributed by atoms with Crippen LogP contribution in [0.25, 0.3) is 0 Å². The van der Waals surface area contributed by atoms with Gasteiger partial charge in [-0.3, -0.25) is 4.99 Å². The normalized spacial score (nSPS) is 10.2. The first-order valence-corrected chi connectivity index (χ1v) is 5.12. The van der Waals surface area contributed by atoms with Gasteiger partial charge in [-0.05, 0) is 5.56 Å². The highest BCUT2D eigenvalue weighted by molar-refractivity contribution is 5.79. The standard InChI is InChI=1S/C14H10FNO/c15-14-9-13(11-17-14)7-4-8-16-10-12-5-2-1-3-6-12/h1-3,5-6,9-11H,8H2/b16-10+. The number of nitrogens with zero attached hydrogens (tertiary/aromatic N) is 1. The summed E-state index contributed by atoms with van der Waals surface area (Å²) in [7, 11) is 0. The van der Waals surface area contributed by atoms with Crippen molar-refractivity contribution in [2.75, 3.05) is 6.54 Å². The zero-order valence-corrected chi connectivity index (χ0v) is 9.06. The number of rotatable bonds is 2. The van der Waals surface area contributed by atoms with Gasteiger partial charge < -0.3 is 4.42 Å². The van der Waals surface area contributed by atoms with E-state index in [9.17, 15) is 4.39 Å². The molecule has 0 spiro atoms. The third-order valence-corrected chi connectivity index (χ3v) is 2.01. The van der Waals surface area contributed by atoms with E-state index >= 15 is 0 Å². The third kappa shape index (κ3) is 3.62. The molecule has 0 bridgehead atoms. The first kappa shape index (κ1) is 11.2. The topological polar surface area (TPSA) is 25.5 Å². The Morgan fingerprint density at radius 3 is 2.82 bits per heavy atom. The van der Waals surface area contributed by atoms with E-state index in [0.717, 1.165) is 5.56 Å². The predicted octanol–water partition coefficient (Wildman–Crippen LogP) is 2.89. The van der Waals surface area contributed by atoms with Crippen LogP contribution in [0.3, 0.4) is 0 Å². The maximum absolute atomic E-state index is 12.5. The van der Waals surface area contributed by atoms with E-state index in [1.54, 1.807) is 6.21 Å². The molecule has 3 heteroatoms. The van der Waals surface area contributed by atoms with Gasteiger partial charge in [0.2, 0.25) is 0 Å². The smallest absolute Gasteiger partial charge is 0.278 e. The van der Waals surface area contributed by atoms with Gasteiger partial charge in [0, 0.05) is 12.3 Å². The molecule has 0 radical (unpaired) electrons. The lowest BCUT2D eigenvalue weighted by Gasteiger charge is -1.88. The first-order chi connectivity index (χ1) is 8.34. The molecule has 2 aromatic rings. The van der Waals surface area contributed by atoms with Crippen molar-refractivity contribution in [3.63, 3.8) is 0 Å². The van der Waals surface area contributed by atoms with E-state index in [0.29, 0.717) is 12.1 Å². The molecule has 0 atom stereocenters. The summed E-state index contributed by atoms with van der Waals surface area (Å²) in [5.74, 6) is 5.56. The van der Waals surface area contributed by atoms with Crippen LogP contribution in [-0.4, -0.2) is 12.8 Å². The van der Waals surface area contributed by atoms with Gasteiger partial charge in [0.1, 0.15) is 12.8 Å². The lowest BCUT2D eigenvalue weighted by Crippen LogP contribution is -1.81. The monoisotopic (exact) mass is 227 g/mol. The second-order valence-electron chi connectivity index (χ2n) is 3.32. The predicted molar refractivity (Wildman–Crippen MR) is 64.4 cm³/mol. The number of hydrogen-bond acceptors (Lipinski definition) is 2. The highest BCUT2D eigenvalue weighted by atomic mass is 19.1. The largest absolute Gasteiger partial charge is 0.438 e. The van der Waals surface area contributed by atoms with Gasteiger partial charge >= 0.3 is 0 Å². The zero-order chi connectivity index (χ0) is 11.9. The number of aliphatic imine (C=N–C) groups is 1. The van der Waals surface area contributed by atoms with Crippen LogP contribution >= 0.6 is 0 Å². The van der Waals surface area contributed by atoms with Gasteiger partial charge in [0.25, 0.3) is 6.01 Å². The Bertz CT molecular complexity index is 561. The van der Waals surface area contributed by atoms with Crippen LogP contribution in [0.1, 0.15) is 11.1 Å². The number of furan rings is 1. The van der Waals surface area contributed by atoms with Crippen molar-refractivity contribution < 1.29 is 8.81 Å². The summed E-state index contributed by atoms with van der Waals surface area (Å²) in [6, 6.07) is 10.4. The number of hydrogen-bond donors (Lipinski definition) is 0. The Balaban J connectivity index is 1.88. The Hall–Kier alpha value is -2.34. The van der Waals surface area contributed by atoms with Gasteiger partial charge in [-0.2, -0.15) is 4.39 Å². The summed E-state index contributed by atoms with van der Waals surface area (Å²) in [6.45, 7) is 0.377. The molecule has 84 valence electrons. The Morgan fingerprint density at radius 2 is 2.12 bits per heavy atom. The molecule has 0 saturated heterocycles. The first-order valence-electron chi connectivity index (χ1n) is 5.12. The SMILES string of the molecule is Fc1cc(C#CC/N=C/c2ccccc2)co1. The maximum atomic E-state index is 12.5. The van der Waals surface area contributed by atoms with Gasteiger partial charge in [-0.1, -0.05) is 42.2 Å². The molecular weight excluding hydrogens is 217 g/mol. The van der Waals surface area contributed by atoms with E-state index in [1.165, 1.54) is 12.3 Å². The van der Waals surface area contributed by atoms with E-state index in [2.05, 4.69) is 21.3 Å². The minimum atomic E-state index is -0.623. The van der Waals surface area contributed by atoms with Crippen LogP contribution in [0.15, 0.2) is 52.1 Å². The molecule has 0 aliphatic rings. The minimum absolute atomic E-state index is 0.377. The van der Waals surface area contributed by atoms with Gasteiger partial charge in [-0.15, -0.1) is 0 Å². The molecule has 0 aliphatic carbocycles. The second kappa shape index (κ2) is 5.66. The van der Waals surface area contributed by atoms with Crippen LogP contribution in [0.2, 0.25) is 0 Å². The van der Waals surface area contributed by atoms with E-state index in [-0.39, 0.29) is 0 Å². The Morgan fingerprint density at radius 1 is 1.29 bits per heavy atom. The lowest BCUT2D eigenvalue weighted by molar-refractivity contribution is 0.359. The van der Waals surface area contributed by atoms with Crippen molar-refractivity contribution in [2.45, 2.75) is 0 Å². The number of benzene rings is 1. The quantitative estimate of drug-likeness (QED) is 0.572. The molecule has 0 amide bonds. The van der Waals surface area contributed by atoms with Crippen molar-refractivity contribution in [3.05, 3.63) is 59.8 Å². The van der Waals surface area contributed by atoms with Crippen molar-refractivity contribution in [2.24, 2.45) is 4.99 Å². The molecule has 0 unspecified atom stereocenters. The molecule has 2 nitrogen and oxygen atoms in total. The molecule has 0 saturated carbocycles. The van der Waals surface area contributed by atoms with Gasteiger partial charge in [0.15, 0.2) is 0 Å². The van der Waals surface area contributed by atoms with Crippen LogP contribution < -0.4 is 0 Å². The fourth-order valence-corrected chi connectivity index (χ4v) is 1.25. The highest BCUT2D eigenvalue weighted by Gasteiger charge is 1.94. The molecule has 0 aliphatic heterocycles. The van der Waals surface area contributed by atoms with Gasteiger partial charge in [0.05, 0.1) is 5.56 Å². The molecule has 2 rings (SSSR count). The minimum Gasteiger partial charge on any atom is -0.438 e. The van der Waals surface area contributed by atoms with Crippen LogP contribution in [0.4, 0.5) is 4.39 Å². The zero-order valence-electron chi connectivity index (χ0n) is 9.06. The van der Waals surface area contributed by atoms with E-state index in [4.69, 9.17) is 0 Å². The van der Waals surface area contributed by atoms with Crippen molar-refractivity contribution in [1.82, 2.24) is 0 Å². The van der Waals surface area contributed by atoms with Gasteiger partial charge in [-0.25, -0.2) is 0 Å². The highest BCUT2D eigenvalue weighted by Crippen LogP contribution is 2.03. The average Bonchev–Trinajstić information content (AvgIpc) is 2.76. The summed E-state index contributed by atoms with van der Waals surface area (Å²) in [5, 5.41) is 0. The van der Waals surface area contributed by atoms with E-state index in [1.807, 2.05) is 30.3 Å². The average molecular weight is 227 g/mol. The van der Waals surface area contributed by atoms with Crippen molar-refractivity contribution >= 4 is 6.21 Å². The molecule has 1 aromatic carbocycles. The molecule has 1 aromatic heterocycles. The second-order valence-corrected chi connectivity index (χ2v) is 3.32. The summed E-state index contributed by atoms with van der Waals surface area (Å²) in [5.41, 5.74) is 1.56. The molecule has 17 heavy (non-hydrogen) atoms. The number of halogens is 1. The summed E-state index contributed by atoms with van der Waals surface area (Å²) in [4.78, 5) is 4.14. The Kier molecular flexibility index (Phi) is 3.72. The molecule has 0 fully saturated rings. The van der Waals surface area contributed by atoms with Crippen molar-refractivity contribution in [1.29, 1.82) is 0 Å². The fraction of sp³-hybridized carbons (Fsp3) is 0.0714. The fourth-order valence-electron chi connectivity index (χ4n) is 1.25. The van der Waals surface area contributed by atoms with Crippen LogP contribution in [0, 0.1) is 17.9 Å². The van der Waals surface area contributed by atoms with Crippen LogP contribution in [0.5, 0.6) is 0 Å². The summed E-state index contributed by atoms with van der Waals surface area (Å²) < 4.78 is 16.9. The molecular formula is C14H10FNO. The van der Waals surface area contributed by atoms with Crippen LogP contribution in [-0.2, 0) is 0 Å². The Labute approximate surface area is 98.8 Å². The summed E-state index contributed by atoms with van der Waals surface area (Å²) >= 11 is 0. The summed E-state index contributed by atoms with van der Waals surface area (Å²) in [6.07, 6.45) is 3.04. The molecule has 0 N–H and O–H groups in total. The third-order valence-electron chi connectivity index (χ3n) is 2.01. The maximum Gasteiger partial charge on any atom is 0.278 e.